The number of aliphatic hydroxyl groups excluding tert-OH is 1. The molecule has 1 aliphatic rings. The van der Waals surface area contributed by atoms with Crippen molar-refractivity contribution < 1.29 is 5.11 Å². The highest BCUT2D eigenvalue weighted by atomic mass is 79.9. The molecule has 1 fully saturated rings. The van der Waals surface area contributed by atoms with Gasteiger partial charge in [0.2, 0.25) is 0 Å². The first-order chi connectivity index (χ1) is 9.19. The summed E-state index contributed by atoms with van der Waals surface area (Å²) >= 11 is 3.37. The third kappa shape index (κ3) is 3.49. The Kier molecular flexibility index (Phi) is 4.84. The van der Waals surface area contributed by atoms with Crippen LogP contribution < -0.4 is 5.32 Å². The van der Waals surface area contributed by atoms with E-state index in [2.05, 4.69) is 27.3 Å². The minimum Gasteiger partial charge on any atom is -0.396 e. The fourth-order valence-electron chi connectivity index (χ4n) is 2.74. The molecule has 1 saturated carbocycles. The lowest BCUT2D eigenvalue weighted by Crippen LogP contribution is -2.35. The first-order valence-electron chi connectivity index (χ1n) is 6.73. The molecule has 0 radical (unpaired) electrons. The fraction of sp³-hybridized carbons (Fsp3) is 0.533. The van der Waals surface area contributed by atoms with Gasteiger partial charge >= 0.3 is 0 Å². The highest BCUT2D eigenvalue weighted by Gasteiger charge is 2.31. The van der Waals surface area contributed by atoms with Gasteiger partial charge in [0, 0.05) is 16.4 Å². The van der Waals surface area contributed by atoms with Gasteiger partial charge in [-0.05, 0) is 31.0 Å². The van der Waals surface area contributed by atoms with Crippen LogP contribution in [0.15, 0.2) is 22.7 Å². The molecule has 1 aromatic carbocycles. The zero-order valence-electron chi connectivity index (χ0n) is 11.0. The van der Waals surface area contributed by atoms with Crippen molar-refractivity contribution in [3.8, 4) is 6.07 Å². The Labute approximate surface area is 122 Å². The molecule has 2 N–H and O–H groups in total. The van der Waals surface area contributed by atoms with Crippen molar-refractivity contribution in [2.24, 2.45) is 5.41 Å². The number of rotatable bonds is 4. The number of nitriles is 1. The number of nitrogens with one attached hydrogen (secondary N) is 1. The molecule has 102 valence electrons. The van der Waals surface area contributed by atoms with Crippen LogP contribution in [0.2, 0.25) is 0 Å². The number of hydrogen-bond acceptors (Lipinski definition) is 3. The summed E-state index contributed by atoms with van der Waals surface area (Å²) < 4.78 is 0.907. The molecule has 1 aromatic rings. The highest BCUT2D eigenvalue weighted by molar-refractivity contribution is 9.10. The molecular formula is C15H19BrN2O. The van der Waals surface area contributed by atoms with Crippen molar-refractivity contribution in [1.82, 2.24) is 0 Å². The zero-order valence-corrected chi connectivity index (χ0v) is 12.5. The smallest absolute Gasteiger partial charge is 0.101 e. The second-order valence-electron chi connectivity index (χ2n) is 5.37. The maximum atomic E-state index is 9.68. The van der Waals surface area contributed by atoms with E-state index in [0.717, 1.165) is 29.5 Å². The number of halogens is 1. The van der Waals surface area contributed by atoms with Gasteiger partial charge < -0.3 is 10.4 Å². The third-order valence-electron chi connectivity index (χ3n) is 4.01. The van der Waals surface area contributed by atoms with Crippen molar-refractivity contribution in [3.63, 3.8) is 0 Å². The van der Waals surface area contributed by atoms with E-state index in [0.29, 0.717) is 5.56 Å². The van der Waals surface area contributed by atoms with Gasteiger partial charge in [-0.3, -0.25) is 0 Å². The van der Waals surface area contributed by atoms with Crippen LogP contribution >= 0.6 is 15.9 Å². The molecule has 1 aliphatic carbocycles. The lowest BCUT2D eigenvalue weighted by molar-refractivity contribution is 0.0944. The van der Waals surface area contributed by atoms with Gasteiger partial charge in [0.25, 0.3) is 0 Å². The van der Waals surface area contributed by atoms with E-state index in [1.165, 1.54) is 19.3 Å². The maximum absolute atomic E-state index is 9.68. The minimum atomic E-state index is -0.0158. The molecule has 0 spiro atoms. The Morgan fingerprint density at radius 1 is 1.32 bits per heavy atom. The first kappa shape index (κ1) is 14.4. The Morgan fingerprint density at radius 2 is 2.05 bits per heavy atom. The fourth-order valence-corrected chi connectivity index (χ4v) is 3.10. The van der Waals surface area contributed by atoms with Crippen molar-refractivity contribution in [1.29, 1.82) is 5.26 Å². The van der Waals surface area contributed by atoms with Crippen LogP contribution in [0.1, 0.15) is 37.7 Å². The van der Waals surface area contributed by atoms with Gasteiger partial charge in [0.15, 0.2) is 0 Å². The average molecular weight is 323 g/mol. The summed E-state index contributed by atoms with van der Waals surface area (Å²) in [5.41, 5.74) is 1.47. The highest BCUT2D eigenvalue weighted by Crippen LogP contribution is 2.36. The monoisotopic (exact) mass is 322 g/mol. The number of nitrogens with zero attached hydrogens (tertiary/aromatic N) is 1. The number of aliphatic hydroxyl groups is 1. The van der Waals surface area contributed by atoms with E-state index in [4.69, 9.17) is 5.26 Å². The lowest BCUT2D eigenvalue weighted by Gasteiger charge is -2.36. The van der Waals surface area contributed by atoms with Crippen molar-refractivity contribution >= 4 is 21.6 Å². The summed E-state index contributed by atoms with van der Waals surface area (Å²) in [6, 6.07) is 7.85. The zero-order chi connectivity index (χ0) is 13.7. The second kappa shape index (κ2) is 6.40. The molecule has 0 amide bonds. The predicted octanol–water partition coefficient (Wildman–Crippen LogP) is 3.68. The molecule has 0 aliphatic heterocycles. The Bertz CT molecular complexity index is 476. The molecule has 0 bridgehead atoms. The molecule has 0 unspecified atom stereocenters. The molecule has 2 rings (SSSR count). The quantitative estimate of drug-likeness (QED) is 0.889. The molecule has 0 heterocycles. The predicted molar refractivity (Wildman–Crippen MR) is 80.0 cm³/mol. The van der Waals surface area contributed by atoms with Gasteiger partial charge in [-0.2, -0.15) is 5.26 Å². The number of anilines is 1. The number of hydrogen-bond donors (Lipinski definition) is 2. The molecule has 0 aromatic heterocycles. The van der Waals surface area contributed by atoms with Gasteiger partial charge in [-0.15, -0.1) is 0 Å². The maximum Gasteiger partial charge on any atom is 0.101 e. The Balaban J connectivity index is 2.07. The topological polar surface area (TPSA) is 56.0 Å². The summed E-state index contributed by atoms with van der Waals surface area (Å²) in [5, 5.41) is 22.2. The summed E-state index contributed by atoms with van der Waals surface area (Å²) in [4.78, 5) is 0. The summed E-state index contributed by atoms with van der Waals surface area (Å²) in [6.07, 6.45) is 5.77. The Morgan fingerprint density at radius 3 is 2.68 bits per heavy atom. The van der Waals surface area contributed by atoms with E-state index in [-0.39, 0.29) is 12.0 Å². The van der Waals surface area contributed by atoms with Crippen LogP contribution in [0.3, 0.4) is 0 Å². The molecule has 19 heavy (non-hydrogen) atoms. The SMILES string of the molecule is N#Cc1cc(Br)ccc1NCC1(CO)CCCCC1. The number of benzene rings is 1. The Hall–Kier alpha value is -1.05. The standard InChI is InChI=1S/C15H19BrN2O/c16-13-4-5-14(12(8-13)9-17)18-10-15(11-19)6-2-1-3-7-15/h4-5,8,18-19H,1-3,6-7,10-11H2. The molecular weight excluding hydrogens is 304 g/mol. The van der Waals surface area contributed by atoms with E-state index < -0.39 is 0 Å². The largest absolute Gasteiger partial charge is 0.396 e. The van der Waals surface area contributed by atoms with Crippen LogP contribution in [0.25, 0.3) is 0 Å². The lowest BCUT2D eigenvalue weighted by atomic mass is 9.74. The van der Waals surface area contributed by atoms with Crippen LogP contribution in [0.5, 0.6) is 0 Å². The van der Waals surface area contributed by atoms with Gasteiger partial charge in [-0.1, -0.05) is 35.2 Å². The third-order valence-corrected chi connectivity index (χ3v) is 4.50. The first-order valence-corrected chi connectivity index (χ1v) is 7.53. The van der Waals surface area contributed by atoms with Gasteiger partial charge in [0.1, 0.15) is 6.07 Å². The molecule has 0 saturated heterocycles. The van der Waals surface area contributed by atoms with Crippen molar-refractivity contribution in [2.45, 2.75) is 32.1 Å². The average Bonchev–Trinajstić information content (AvgIpc) is 2.47. The van der Waals surface area contributed by atoms with E-state index in [1.807, 2.05) is 18.2 Å². The summed E-state index contributed by atoms with van der Waals surface area (Å²) in [7, 11) is 0. The van der Waals surface area contributed by atoms with E-state index >= 15 is 0 Å². The molecule has 3 nitrogen and oxygen atoms in total. The van der Waals surface area contributed by atoms with Crippen LogP contribution in [0.4, 0.5) is 5.69 Å². The van der Waals surface area contributed by atoms with Gasteiger partial charge in [-0.25, -0.2) is 0 Å². The normalized spacial score (nSPS) is 17.7. The summed E-state index contributed by atoms with van der Waals surface area (Å²) in [5.74, 6) is 0. The van der Waals surface area contributed by atoms with Gasteiger partial charge in [0.05, 0.1) is 17.9 Å². The van der Waals surface area contributed by atoms with E-state index in [1.54, 1.807) is 0 Å². The van der Waals surface area contributed by atoms with Crippen LogP contribution in [-0.4, -0.2) is 18.3 Å². The van der Waals surface area contributed by atoms with Crippen LogP contribution in [0, 0.1) is 16.7 Å². The molecule has 0 atom stereocenters. The van der Waals surface area contributed by atoms with Crippen LogP contribution in [-0.2, 0) is 0 Å². The van der Waals surface area contributed by atoms with Crippen molar-refractivity contribution in [2.75, 3.05) is 18.5 Å². The summed E-state index contributed by atoms with van der Waals surface area (Å²) in [6.45, 7) is 0.957. The second-order valence-corrected chi connectivity index (χ2v) is 6.29. The van der Waals surface area contributed by atoms with Crippen molar-refractivity contribution in [3.05, 3.63) is 28.2 Å². The molecule has 4 heteroatoms. The van der Waals surface area contributed by atoms with E-state index in [9.17, 15) is 5.11 Å². The minimum absolute atomic E-state index is 0.0158.